The Morgan fingerprint density at radius 1 is 0.977 bits per heavy atom. The number of alkyl carbamates (subject to hydrolysis) is 1. The van der Waals surface area contributed by atoms with Crippen LogP contribution in [0.25, 0.3) is 0 Å². The number of nitrogens with one attached hydrogen (secondary N) is 3. The van der Waals surface area contributed by atoms with Crippen LogP contribution in [0.3, 0.4) is 0 Å². The molecule has 3 amide bonds. The van der Waals surface area contributed by atoms with E-state index in [1.54, 1.807) is 53.8 Å². The minimum absolute atomic E-state index is 0.0685. The number of aromatic nitrogens is 3. The Morgan fingerprint density at radius 2 is 1.67 bits per heavy atom. The number of hydrogen-bond donors (Lipinski definition) is 3. The van der Waals surface area contributed by atoms with Crippen LogP contribution >= 0.6 is 22.7 Å². The number of thiazole rings is 2. The minimum atomic E-state index is -0.668. The highest BCUT2D eigenvalue weighted by molar-refractivity contribution is 7.13. The summed E-state index contributed by atoms with van der Waals surface area (Å²) in [5.74, 6) is -0.978. The van der Waals surface area contributed by atoms with Crippen LogP contribution in [0.1, 0.15) is 126 Å². The van der Waals surface area contributed by atoms with Gasteiger partial charge in [-0.25, -0.2) is 24.5 Å². The standard InChI is InChI=1S/C28H38N6O7S2/c1-10-39-26(37)18-11-29-24(43-18)15(5)30-21(35)17-12-42-25(32-17)19(13(2)3)33-22(36)20-16(6)40-23(34-20)14(4)31-27(38)41-28(7,8)9/h11-15,19H,10H2,1-9H3,(H,30,35)(H,31,38)(H,33,36)/t14-,15-,19-/m1/s1. The van der Waals surface area contributed by atoms with Gasteiger partial charge in [-0.15, -0.1) is 22.7 Å². The largest absolute Gasteiger partial charge is 0.462 e. The predicted molar refractivity (Wildman–Crippen MR) is 160 cm³/mol. The van der Waals surface area contributed by atoms with E-state index in [1.807, 2.05) is 13.8 Å². The fourth-order valence-corrected chi connectivity index (χ4v) is 5.57. The van der Waals surface area contributed by atoms with Crippen molar-refractivity contribution >= 4 is 46.6 Å². The molecule has 13 nitrogen and oxygen atoms in total. The summed E-state index contributed by atoms with van der Waals surface area (Å²) in [6, 6.07) is -1.62. The van der Waals surface area contributed by atoms with Gasteiger partial charge in [0, 0.05) is 5.38 Å². The third-order valence-electron chi connectivity index (χ3n) is 5.82. The lowest BCUT2D eigenvalue weighted by Gasteiger charge is -2.21. The molecule has 0 radical (unpaired) electrons. The molecule has 0 saturated carbocycles. The lowest BCUT2D eigenvalue weighted by molar-refractivity contribution is 0.0497. The highest BCUT2D eigenvalue weighted by atomic mass is 32.1. The molecule has 0 saturated heterocycles. The molecule has 3 aromatic rings. The molecule has 0 fully saturated rings. The van der Waals surface area contributed by atoms with E-state index in [2.05, 4.69) is 30.9 Å². The Balaban J connectivity index is 1.67. The Labute approximate surface area is 258 Å². The van der Waals surface area contributed by atoms with Gasteiger partial charge in [0.2, 0.25) is 5.89 Å². The van der Waals surface area contributed by atoms with Gasteiger partial charge in [-0.3, -0.25) is 9.59 Å². The molecule has 3 N–H and O–H groups in total. The minimum Gasteiger partial charge on any atom is -0.462 e. The Bertz CT molecular complexity index is 1460. The number of esters is 1. The van der Waals surface area contributed by atoms with Gasteiger partial charge in [0.25, 0.3) is 11.8 Å². The van der Waals surface area contributed by atoms with Crippen LogP contribution in [0.2, 0.25) is 0 Å². The molecule has 0 aliphatic heterocycles. The van der Waals surface area contributed by atoms with Crippen molar-refractivity contribution < 1.29 is 33.1 Å². The highest BCUT2D eigenvalue weighted by Crippen LogP contribution is 2.27. The number of hydrogen-bond acceptors (Lipinski definition) is 12. The average molecular weight is 635 g/mol. The van der Waals surface area contributed by atoms with Gasteiger partial charge in [0.05, 0.1) is 24.9 Å². The number of nitrogens with zero attached hydrogens (tertiary/aromatic N) is 3. The quantitative estimate of drug-likeness (QED) is 0.236. The molecule has 0 aromatic carbocycles. The topological polar surface area (TPSA) is 175 Å². The van der Waals surface area contributed by atoms with Crippen molar-refractivity contribution in [2.75, 3.05) is 6.61 Å². The van der Waals surface area contributed by atoms with E-state index in [0.717, 1.165) is 11.3 Å². The van der Waals surface area contributed by atoms with E-state index in [9.17, 15) is 19.2 Å². The molecule has 0 aliphatic carbocycles. The van der Waals surface area contributed by atoms with Crippen LogP contribution in [-0.2, 0) is 9.47 Å². The third-order valence-corrected chi connectivity index (χ3v) is 7.91. The summed E-state index contributed by atoms with van der Waals surface area (Å²) in [5, 5.41) is 11.2. The van der Waals surface area contributed by atoms with Crippen molar-refractivity contribution in [3.63, 3.8) is 0 Å². The van der Waals surface area contributed by atoms with Gasteiger partial charge < -0.3 is 29.8 Å². The van der Waals surface area contributed by atoms with Crippen LogP contribution in [0.5, 0.6) is 0 Å². The van der Waals surface area contributed by atoms with Crippen molar-refractivity contribution in [2.24, 2.45) is 5.92 Å². The molecule has 3 atom stereocenters. The lowest BCUT2D eigenvalue weighted by Crippen LogP contribution is -2.34. The zero-order valence-corrected chi connectivity index (χ0v) is 27.3. The summed E-state index contributed by atoms with van der Waals surface area (Å²) in [4.78, 5) is 63.7. The average Bonchev–Trinajstić information content (AvgIpc) is 3.65. The molecule has 15 heteroatoms. The van der Waals surface area contributed by atoms with Crippen LogP contribution in [0.4, 0.5) is 4.79 Å². The first-order chi connectivity index (χ1) is 20.1. The second-order valence-corrected chi connectivity index (χ2v) is 13.0. The summed E-state index contributed by atoms with van der Waals surface area (Å²) < 4.78 is 15.9. The van der Waals surface area contributed by atoms with E-state index in [-0.39, 0.29) is 35.6 Å². The first-order valence-electron chi connectivity index (χ1n) is 13.8. The monoisotopic (exact) mass is 634 g/mol. The Kier molecular flexibility index (Phi) is 11.0. The number of amides is 3. The maximum absolute atomic E-state index is 13.2. The molecule has 234 valence electrons. The number of oxazole rings is 1. The van der Waals surface area contributed by atoms with E-state index in [0.29, 0.717) is 14.9 Å². The maximum Gasteiger partial charge on any atom is 0.408 e. The van der Waals surface area contributed by atoms with Gasteiger partial charge in [-0.05, 0) is 54.4 Å². The Hall–Kier alpha value is -3.85. The molecule has 43 heavy (non-hydrogen) atoms. The molecule has 0 unspecified atom stereocenters. The van der Waals surface area contributed by atoms with Gasteiger partial charge in [0.1, 0.15) is 38.0 Å². The zero-order chi connectivity index (χ0) is 32.1. The van der Waals surface area contributed by atoms with Gasteiger partial charge in [-0.2, -0.15) is 0 Å². The molecular formula is C28H38N6O7S2. The second-order valence-electron chi connectivity index (χ2n) is 11.1. The number of rotatable bonds is 11. The maximum atomic E-state index is 13.2. The van der Waals surface area contributed by atoms with E-state index >= 15 is 0 Å². The number of carbonyl (C=O) groups excluding carboxylic acids is 4. The highest BCUT2D eigenvalue weighted by Gasteiger charge is 2.28. The summed E-state index contributed by atoms with van der Waals surface area (Å²) in [6.07, 6.45) is 0.794. The van der Waals surface area contributed by atoms with Crippen molar-refractivity contribution in [1.82, 2.24) is 30.9 Å². The zero-order valence-electron chi connectivity index (χ0n) is 25.7. The van der Waals surface area contributed by atoms with E-state index in [4.69, 9.17) is 13.9 Å². The molecule has 3 aromatic heterocycles. The van der Waals surface area contributed by atoms with Crippen LogP contribution < -0.4 is 16.0 Å². The predicted octanol–water partition coefficient (Wildman–Crippen LogP) is 5.28. The van der Waals surface area contributed by atoms with Crippen LogP contribution in [-0.4, -0.2) is 51.0 Å². The number of ether oxygens (including phenoxy) is 2. The number of aryl methyl sites for hydroxylation is 1. The van der Waals surface area contributed by atoms with Gasteiger partial charge in [-0.1, -0.05) is 13.8 Å². The van der Waals surface area contributed by atoms with E-state index < -0.39 is 47.6 Å². The normalized spacial score (nSPS) is 13.6. The molecular weight excluding hydrogens is 596 g/mol. The van der Waals surface area contributed by atoms with Crippen molar-refractivity contribution in [3.05, 3.63) is 49.5 Å². The first-order valence-corrected chi connectivity index (χ1v) is 15.5. The fraction of sp³-hybridized carbons (Fsp3) is 0.536. The smallest absolute Gasteiger partial charge is 0.408 e. The lowest BCUT2D eigenvalue weighted by atomic mass is 10.0. The third kappa shape index (κ3) is 9.07. The molecule has 0 spiro atoms. The summed E-state index contributed by atoms with van der Waals surface area (Å²) in [7, 11) is 0. The molecule has 0 bridgehead atoms. The summed E-state index contributed by atoms with van der Waals surface area (Å²) in [6.45, 7) is 16.1. The van der Waals surface area contributed by atoms with Gasteiger partial charge in [0.15, 0.2) is 5.69 Å². The van der Waals surface area contributed by atoms with Crippen LogP contribution in [0, 0.1) is 12.8 Å². The van der Waals surface area contributed by atoms with Crippen molar-refractivity contribution in [2.45, 2.75) is 86.0 Å². The summed E-state index contributed by atoms with van der Waals surface area (Å²) >= 11 is 2.40. The SMILES string of the molecule is CCOC(=O)c1cnc([C@@H](C)NC(=O)c2csc([C@H](NC(=O)c3nc([C@@H](C)NC(=O)OC(C)(C)C)oc3C)C(C)C)n2)s1. The van der Waals surface area contributed by atoms with Crippen LogP contribution in [0.15, 0.2) is 16.0 Å². The second kappa shape index (κ2) is 14.1. The van der Waals surface area contributed by atoms with Crippen molar-refractivity contribution in [1.29, 1.82) is 0 Å². The van der Waals surface area contributed by atoms with E-state index in [1.165, 1.54) is 17.5 Å². The summed E-state index contributed by atoms with van der Waals surface area (Å²) in [5.41, 5.74) is -0.401. The first kappa shape index (κ1) is 33.6. The molecule has 3 rings (SSSR count). The molecule has 0 aliphatic rings. The number of carbonyl (C=O) groups is 4. The van der Waals surface area contributed by atoms with Gasteiger partial charge >= 0.3 is 12.1 Å². The fourth-order valence-electron chi connectivity index (χ4n) is 3.73. The van der Waals surface area contributed by atoms with Crippen molar-refractivity contribution in [3.8, 4) is 0 Å². The Morgan fingerprint density at radius 3 is 2.30 bits per heavy atom. The molecule has 3 heterocycles.